The van der Waals surface area contributed by atoms with Gasteiger partial charge in [0.15, 0.2) is 5.69 Å². The number of nitrogens with two attached hydrogens (primary N) is 1. The Bertz CT molecular complexity index is 423. The maximum atomic E-state index is 11.2. The van der Waals surface area contributed by atoms with Gasteiger partial charge in [-0.15, -0.1) is 5.10 Å². The van der Waals surface area contributed by atoms with Gasteiger partial charge >= 0.3 is 0 Å². The molecule has 0 bridgehead atoms. The van der Waals surface area contributed by atoms with Crippen LogP contribution in [0.3, 0.4) is 0 Å². The highest BCUT2D eigenvalue weighted by molar-refractivity contribution is 5.91. The highest BCUT2D eigenvalue weighted by Gasteiger charge is 2.19. The molecule has 0 spiro atoms. The first-order valence-corrected chi connectivity index (χ1v) is 6.09. The number of nitrogen functional groups attached to an aromatic ring is 1. The van der Waals surface area contributed by atoms with Gasteiger partial charge < -0.3 is 9.84 Å². The van der Waals surface area contributed by atoms with Crippen molar-refractivity contribution in [3.63, 3.8) is 0 Å². The molecule has 9 nitrogen and oxygen atoms in total. The summed E-state index contributed by atoms with van der Waals surface area (Å²) < 4.78 is 6.96. The van der Waals surface area contributed by atoms with Crippen molar-refractivity contribution in [1.29, 1.82) is 0 Å². The summed E-state index contributed by atoms with van der Waals surface area (Å²) >= 11 is 0. The number of carbonyl (C=O) groups is 1. The molecule has 0 radical (unpaired) electrons. The fourth-order valence-electron chi connectivity index (χ4n) is 1.92. The second kappa shape index (κ2) is 6.57. The number of aromatic nitrogens is 3. The molecule has 0 aliphatic carbocycles. The number of nitrogens with one attached hydrogen (secondary N) is 1. The molecular formula is C10H18N6O3. The fourth-order valence-corrected chi connectivity index (χ4v) is 1.92. The second-order valence-electron chi connectivity index (χ2n) is 4.32. The third-order valence-electron chi connectivity index (χ3n) is 2.97. The smallest absolute Gasteiger partial charge is 0.287 e. The van der Waals surface area contributed by atoms with Crippen molar-refractivity contribution in [3.05, 3.63) is 11.9 Å². The van der Waals surface area contributed by atoms with Crippen LogP contribution < -0.4 is 11.3 Å². The van der Waals surface area contributed by atoms with Gasteiger partial charge in [0, 0.05) is 19.6 Å². The van der Waals surface area contributed by atoms with E-state index in [0.717, 1.165) is 13.1 Å². The normalized spacial score (nSPS) is 20.4. The Morgan fingerprint density at radius 3 is 3.21 bits per heavy atom. The zero-order valence-electron chi connectivity index (χ0n) is 10.5. The maximum Gasteiger partial charge on any atom is 0.287 e. The van der Waals surface area contributed by atoms with E-state index < -0.39 is 5.91 Å². The molecule has 2 heterocycles. The topological polar surface area (TPSA) is 119 Å². The number of ether oxygens (including phenoxy) is 1. The minimum absolute atomic E-state index is 0.0284. The van der Waals surface area contributed by atoms with Crippen LogP contribution in [0, 0.1) is 0 Å². The van der Waals surface area contributed by atoms with E-state index in [4.69, 9.17) is 15.7 Å². The molecule has 0 aromatic carbocycles. The Morgan fingerprint density at radius 2 is 2.47 bits per heavy atom. The lowest BCUT2D eigenvalue weighted by Crippen LogP contribution is -2.45. The first-order chi connectivity index (χ1) is 9.22. The van der Waals surface area contributed by atoms with E-state index in [-0.39, 0.29) is 18.4 Å². The molecule has 0 saturated carbocycles. The van der Waals surface area contributed by atoms with Crippen molar-refractivity contribution in [2.24, 2.45) is 5.84 Å². The quantitative estimate of drug-likeness (QED) is 0.309. The summed E-state index contributed by atoms with van der Waals surface area (Å²) in [6, 6.07) is 0. The third kappa shape index (κ3) is 3.70. The van der Waals surface area contributed by atoms with E-state index in [9.17, 15) is 4.79 Å². The van der Waals surface area contributed by atoms with Crippen LogP contribution in [0.15, 0.2) is 6.20 Å². The number of aliphatic hydroxyl groups is 1. The molecule has 1 amide bonds. The highest BCUT2D eigenvalue weighted by Crippen LogP contribution is 2.04. The molecule has 1 fully saturated rings. The summed E-state index contributed by atoms with van der Waals surface area (Å²) in [5.41, 5.74) is 2.20. The van der Waals surface area contributed by atoms with E-state index in [0.29, 0.717) is 19.7 Å². The monoisotopic (exact) mass is 270 g/mol. The molecule has 2 rings (SSSR count). The minimum Gasteiger partial charge on any atom is -0.394 e. The van der Waals surface area contributed by atoms with Crippen molar-refractivity contribution in [2.75, 3.05) is 32.8 Å². The van der Waals surface area contributed by atoms with Crippen LogP contribution in [-0.4, -0.2) is 69.9 Å². The zero-order valence-corrected chi connectivity index (χ0v) is 10.5. The fraction of sp³-hybridized carbons (Fsp3) is 0.700. The Morgan fingerprint density at radius 1 is 1.63 bits per heavy atom. The highest BCUT2D eigenvalue weighted by atomic mass is 16.5. The van der Waals surface area contributed by atoms with Crippen LogP contribution in [0.25, 0.3) is 0 Å². The molecule has 1 aromatic heterocycles. The summed E-state index contributed by atoms with van der Waals surface area (Å²) in [7, 11) is 0. The molecule has 1 aliphatic heterocycles. The van der Waals surface area contributed by atoms with E-state index in [1.165, 1.54) is 0 Å². The summed E-state index contributed by atoms with van der Waals surface area (Å²) in [5, 5.41) is 16.6. The lowest BCUT2D eigenvalue weighted by Gasteiger charge is -2.31. The number of hydrogen-bond donors (Lipinski definition) is 3. The molecule has 1 aromatic rings. The number of morpholine rings is 1. The van der Waals surface area contributed by atoms with E-state index in [1.807, 2.05) is 5.43 Å². The van der Waals surface area contributed by atoms with Gasteiger partial charge in [-0.3, -0.25) is 19.8 Å². The summed E-state index contributed by atoms with van der Waals surface area (Å²) in [6.45, 7) is 3.53. The Hall–Kier alpha value is -1.55. The van der Waals surface area contributed by atoms with Gasteiger partial charge in [-0.25, -0.2) is 5.84 Å². The van der Waals surface area contributed by atoms with Crippen molar-refractivity contribution < 1.29 is 14.6 Å². The molecule has 19 heavy (non-hydrogen) atoms. The van der Waals surface area contributed by atoms with Crippen molar-refractivity contribution in [3.8, 4) is 0 Å². The summed E-state index contributed by atoms with van der Waals surface area (Å²) in [5.74, 6) is 4.55. The number of carbonyl (C=O) groups excluding carboxylic acids is 1. The zero-order chi connectivity index (χ0) is 13.7. The molecule has 1 atom stereocenters. The molecule has 4 N–H and O–H groups in total. The molecule has 1 unspecified atom stereocenters. The summed E-state index contributed by atoms with van der Waals surface area (Å²) in [6.07, 6.45) is 1.43. The maximum absolute atomic E-state index is 11.2. The Kier molecular flexibility index (Phi) is 4.80. The van der Waals surface area contributed by atoms with Crippen LogP contribution in [-0.2, 0) is 11.3 Å². The Labute approximate surface area is 110 Å². The van der Waals surface area contributed by atoms with Crippen LogP contribution in [0.2, 0.25) is 0 Å². The molecular weight excluding hydrogens is 252 g/mol. The van der Waals surface area contributed by atoms with Crippen LogP contribution in [0.4, 0.5) is 0 Å². The Balaban J connectivity index is 1.81. The lowest BCUT2D eigenvalue weighted by molar-refractivity contribution is -0.0535. The van der Waals surface area contributed by atoms with Gasteiger partial charge in [0.1, 0.15) is 0 Å². The average Bonchev–Trinajstić information content (AvgIpc) is 2.93. The molecule has 9 heteroatoms. The van der Waals surface area contributed by atoms with Gasteiger partial charge in [-0.1, -0.05) is 5.21 Å². The minimum atomic E-state index is -0.460. The summed E-state index contributed by atoms with van der Waals surface area (Å²) in [4.78, 5) is 13.4. The lowest BCUT2D eigenvalue weighted by atomic mass is 10.3. The van der Waals surface area contributed by atoms with Gasteiger partial charge in [-0.2, -0.15) is 0 Å². The predicted molar refractivity (Wildman–Crippen MR) is 64.9 cm³/mol. The number of aliphatic hydroxyl groups excluding tert-OH is 1. The van der Waals surface area contributed by atoms with E-state index in [2.05, 4.69) is 15.2 Å². The number of nitrogens with zero attached hydrogens (tertiary/aromatic N) is 4. The van der Waals surface area contributed by atoms with Gasteiger partial charge in [0.05, 0.1) is 32.1 Å². The SMILES string of the molecule is NNC(=O)c1cn(CCN2CCOC(CO)C2)nn1. The van der Waals surface area contributed by atoms with E-state index >= 15 is 0 Å². The first kappa shape index (κ1) is 13.9. The first-order valence-electron chi connectivity index (χ1n) is 6.09. The van der Waals surface area contributed by atoms with E-state index in [1.54, 1.807) is 10.9 Å². The van der Waals surface area contributed by atoms with Crippen molar-refractivity contribution in [1.82, 2.24) is 25.3 Å². The number of amides is 1. The molecule has 106 valence electrons. The standard InChI is InChI=1S/C10H18N6O3/c11-12-10(18)9-6-16(14-13-9)2-1-15-3-4-19-8(5-15)7-17/h6,8,17H,1-5,7,11H2,(H,12,18). The largest absolute Gasteiger partial charge is 0.394 e. The predicted octanol–water partition coefficient (Wildman–Crippen LogP) is -2.43. The van der Waals surface area contributed by atoms with Crippen LogP contribution >= 0.6 is 0 Å². The number of hydrazine groups is 1. The van der Waals surface area contributed by atoms with Crippen LogP contribution in [0.1, 0.15) is 10.5 Å². The van der Waals surface area contributed by atoms with Crippen LogP contribution in [0.5, 0.6) is 0 Å². The third-order valence-corrected chi connectivity index (χ3v) is 2.97. The number of hydrogen-bond acceptors (Lipinski definition) is 7. The average molecular weight is 270 g/mol. The van der Waals surface area contributed by atoms with Crippen molar-refractivity contribution >= 4 is 5.91 Å². The van der Waals surface area contributed by atoms with Crippen molar-refractivity contribution in [2.45, 2.75) is 12.6 Å². The molecule has 1 saturated heterocycles. The second-order valence-corrected chi connectivity index (χ2v) is 4.32. The van der Waals surface area contributed by atoms with Gasteiger partial charge in [0.25, 0.3) is 5.91 Å². The van der Waals surface area contributed by atoms with Gasteiger partial charge in [-0.05, 0) is 0 Å². The van der Waals surface area contributed by atoms with Gasteiger partial charge in [0.2, 0.25) is 0 Å². The number of rotatable bonds is 5. The molecule has 1 aliphatic rings.